The lowest BCUT2D eigenvalue weighted by Gasteiger charge is -2.07. The minimum atomic E-state index is -0.0521. The van der Waals surface area contributed by atoms with E-state index < -0.39 is 0 Å². The molecule has 0 saturated heterocycles. The van der Waals surface area contributed by atoms with Crippen LogP contribution < -0.4 is 5.32 Å². The lowest BCUT2D eigenvalue weighted by atomic mass is 10.3. The van der Waals surface area contributed by atoms with Crippen molar-refractivity contribution in [1.82, 2.24) is 9.88 Å². The van der Waals surface area contributed by atoms with Crippen LogP contribution in [0.5, 0.6) is 0 Å². The lowest BCUT2D eigenvalue weighted by molar-refractivity contribution is 0.0945. The Balaban J connectivity index is 2.57. The van der Waals surface area contributed by atoms with Crippen molar-refractivity contribution in [1.29, 1.82) is 0 Å². The largest absolute Gasteiger partial charge is 0.350 e. The summed E-state index contributed by atoms with van der Waals surface area (Å²) in [7, 11) is 0. The van der Waals surface area contributed by atoms with Crippen LogP contribution in [0, 0.1) is 12.3 Å². The third-order valence-electron chi connectivity index (χ3n) is 2.08. The number of terminal acetylenes is 1. The van der Waals surface area contributed by atoms with E-state index in [0.29, 0.717) is 18.7 Å². The maximum Gasteiger partial charge on any atom is 0.267 e. The summed E-state index contributed by atoms with van der Waals surface area (Å²) in [6.45, 7) is 3.48. The van der Waals surface area contributed by atoms with E-state index in [4.69, 9.17) is 6.42 Å². The Hall–Kier alpha value is -1.69. The van der Waals surface area contributed by atoms with Crippen molar-refractivity contribution < 1.29 is 4.79 Å². The second-order valence-electron chi connectivity index (χ2n) is 3.30. The predicted molar refractivity (Wildman–Crippen MR) is 60.5 cm³/mol. The summed E-state index contributed by atoms with van der Waals surface area (Å²) < 4.78 is 1.95. The first kappa shape index (κ1) is 11.4. The highest BCUT2D eigenvalue weighted by molar-refractivity contribution is 5.92. The Bertz CT molecular complexity index is 360. The fourth-order valence-corrected chi connectivity index (χ4v) is 1.39. The molecule has 1 aromatic rings. The van der Waals surface area contributed by atoms with Crippen molar-refractivity contribution >= 4 is 5.91 Å². The monoisotopic (exact) mass is 204 g/mol. The van der Waals surface area contributed by atoms with Crippen LogP contribution in [0.3, 0.4) is 0 Å². The van der Waals surface area contributed by atoms with Gasteiger partial charge in [0.15, 0.2) is 0 Å². The summed E-state index contributed by atoms with van der Waals surface area (Å²) in [4.78, 5) is 11.7. The molecular weight excluding hydrogens is 188 g/mol. The normalized spacial score (nSPS) is 9.60. The van der Waals surface area contributed by atoms with E-state index in [-0.39, 0.29) is 5.91 Å². The summed E-state index contributed by atoms with van der Waals surface area (Å²) in [5.74, 6) is 2.43. The molecule has 0 saturated carbocycles. The molecule has 0 aliphatic carbocycles. The molecule has 3 heteroatoms. The van der Waals surface area contributed by atoms with Gasteiger partial charge >= 0.3 is 0 Å². The minimum Gasteiger partial charge on any atom is -0.350 e. The molecule has 1 heterocycles. The number of amides is 1. The number of nitrogens with zero attached hydrogens (tertiary/aromatic N) is 1. The van der Waals surface area contributed by atoms with E-state index in [1.807, 2.05) is 22.9 Å². The highest BCUT2D eigenvalue weighted by Crippen LogP contribution is 2.03. The molecule has 0 radical (unpaired) electrons. The van der Waals surface area contributed by atoms with Crippen LogP contribution in [0.4, 0.5) is 0 Å². The number of hydrogen-bond acceptors (Lipinski definition) is 1. The number of aryl methyl sites for hydroxylation is 1. The summed E-state index contributed by atoms with van der Waals surface area (Å²) in [5.41, 5.74) is 0.703. The number of carbonyl (C=O) groups is 1. The van der Waals surface area contributed by atoms with Crippen molar-refractivity contribution in [3.8, 4) is 12.3 Å². The first-order valence-corrected chi connectivity index (χ1v) is 5.16. The van der Waals surface area contributed by atoms with Crippen molar-refractivity contribution in [2.45, 2.75) is 26.3 Å². The molecule has 0 aliphatic heterocycles. The van der Waals surface area contributed by atoms with Crippen molar-refractivity contribution in [3.63, 3.8) is 0 Å². The third kappa shape index (κ3) is 3.17. The van der Waals surface area contributed by atoms with E-state index in [0.717, 1.165) is 13.0 Å². The Kier molecular flexibility index (Phi) is 4.49. The molecule has 0 bridgehead atoms. The molecule has 0 spiro atoms. The quantitative estimate of drug-likeness (QED) is 0.574. The Morgan fingerprint density at radius 2 is 2.47 bits per heavy atom. The molecule has 1 rings (SSSR count). The van der Waals surface area contributed by atoms with E-state index >= 15 is 0 Å². The zero-order valence-electron chi connectivity index (χ0n) is 8.99. The van der Waals surface area contributed by atoms with Crippen LogP contribution >= 0.6 is 0 Å². The van der Waals surface area contributed by atoms with Crippen molar-refractivity contribution in [2.24, 2.45) is 0 Å². The SMILES string of the molecule is C#CCCNC(=O)c1cccn1CCC. The first-order chi connectivity index (χ1) is 7.29. The molecule has 0 fully saturated rings. The van der Waals surface area contributed by atoms with Gasteiger partial charge in [-0.25, -0.2) is 0 Å². The summed E-state index contributed by atoms with van der Waals surface area (Å²) in [6, 6.07) is 3.70. The van der Waals surface area contributed by atoms with Gasteiger partial charge in [0.2, 0.25) is 0 Å². The van der Waals surface area contributed by atoms with Crippen LogP contribution in [-0.4, -0.2) is 17.0 Å². The van der Waals surface area contributed by atoms with Crippen LogP contribution in [0.25, 0.3) is 0 Å². The number of aromatic nitrogens is 1. The standard InChI is InChI=1S/C12H16N2O/c1-3-5-8-13-12(15)11-7-6-10-14(11)9-4-2/h1,6-7,10H,4-5,8-9H2,2H3,(H,13,15). The summed E-state index contributed by atoms with van der Waals surface area (Å²) in [5, 5.41) is 2.78. The Morgan fingerprint density at radius 3 is 3.13 bits per heavy atom. The first-order valence-electron chi connectivity index (χ1n) is 5.16. The minimum absolute atomic E-state index is 0.0521. The van der Waals surface area contributed by atoms with Crippen LogP contribution in [0.15, 0.2) is 18.3 Å². The van der Waals surface area contributed by atoms with Gasteiger partial charge in [-0.2, -0.15) is 0 Å². The fraction of sp³-hybridized carbons (Fsp3) is 0.417. The Morgan fingerprint density at radius 1 is 1.67 bits per heavy atom. The fourth-order valence-electron chi connectivity index (χ4n) is 1.39. The summed E-state index contributed by atoms with van der Waals surface area (Å²) in [6.07, 6.45) is 8.60. The van der Waals surface area contributed by atoms with E-state index in [9.17, 15) is 4.79 Å². The smallest absolute Gasteiger partial charge is 0.267 e. The third-order valence-corrected chi connectivity index (χ3v) is 2.08. The number of carbonyl (C=O) groups excluding carboxylic acids is 1. The lowest BCUT2D eigenvalue weighted by Crippen LogP contribution is -2.26. The number of hydrogen-bond donors (Lipinski definition) is 1. The van der Waals surface area contributed by atoms with Gasteiger partial charge in [0.25, 0.3) is 5.91 Å². The van der Waals surface area contributed by atoms with Crippen LogP contribution in [0.1, 0.15) is 30.3 Å². The van der Waals surface area contributed by atoms with E-state index in [2.05, 4.69) is 18.2 Å². The molecule has 0 unspecified atom stereocenters. The van der Waals surface area contributed by atoms with Gasteiger partial charge in [0.1, 0.15) is 5.69 Å². The zero-order chi connectivity index (χ0) is 11.1. The highest BCUT2D eigenvalue weighted by Gasteiger charge is 2.08. The van der Waals surface area contributed by atoms with E-state index in [1.165, 1.54) is 0 Å². The van der Waals surface area contributed by atoms with Gasteiger partial charge in [-0.15, -0.1) is 12.3 Å². The predicted octanol–water partition coefficient (Wildman–Crippen LogP) is 1.65. The average molecular weight is 204 g/mol. The molecule has 15 heavy (non-hydrogen) atoms. The van der Waals surface area contributed by atoms with Gasteiger partial charge in [0, 0.05) is 25.7 Å². The van der Waals surface area contributed by atoms with Crippen LogP contribution in [0.2, 0.25) is 0 Å². The molecule has 1 amide bonds. The van der Waals surface area contributed by atoms with Crippen LogP contribution in [-0.2, 0) is 6.54 Å². The van der Waals surface area contributed by atoms with Crippen molar-refractivity contribution in [3.05, 3.63) is 24.0 Å². The Labute approximate surface area is 90.5 Å². The van der Waals surface area contributed by atoms with Crippen molar-refractivity contribution in [2.75, 3.05) is 6.54 Å². The molecule has 3 nitrogen and oxygen atoms in total. The number of nitrogens with one attached hydrogen (secondary N) is 1. The van der Waals surface area contributed by atoms with Gasteiger partial charge in [-0.05, 0) is 18.6 Å². The summed E-state index contributed by atoms with van der Waals surface area (Å²) >= 11 is 0. The van der Waals surface area contributed by atoms with Gasteiger partial charge in [-0.3, -0.25) is 4.79 Å². The second kappa shape index (κ2) is 5.92. The number of rotatable bonds is 5. The molecule has 1 N–H and O–H groups in total. The van der Waals surface area contributed by atoms with E-state index in [1.54, 1.807) is 0 Å². The topological polar surface area (TPSA) is 34.0 Å². The molecule has 80 valence electrons. The maximum absolute atomic E-state index is 11.7. The molecule has 0 aliphatic rings. The molecule has 1 aromatic heterocycles. The maximum atomic E-state index is 11.7. The molecule has 0 atom stereocenters. The molecular formula is C12H16N2O. The highest BCUT2D eigenvalue weighted by atomic mass is 16.1. The van der Waals surface area contributed by atoms with Gasteiger partial charge < -0.3 is 9.88 Å². The molecule has 0 aromatic carbocycles. The van der Waals surface area contributed by atoms with Gasteiger partial charge in [-0.1, -0.05) is 6.92 Å². The second-order valence-corrected chi connectivity index (χ2v) is 3.30. The van der Waals surface area contributed by atoms with Gasteiger partial charge in [0.05, 0.1) is 0 Å². The average Bonchev–Trinajstić information content (AvgIpc) is 2.67. The zero-order valence-corrected chi connectivity index (χ0v) is 8.99.